The molecule has 0 bridgehead atoms. The van der Waals surface area contributed by atoms with Crippen LogP contribution >= 0.6 is 0 Å². The molecule has 0 fully saturated rings. The predicted octanol–water partition coefficient (Wildman–Crippen LogP) is 5.75. The van der Waals surface area contributed by atoms with Crippen LogP contribution in [0.1, 0.15) is 31.9 Å². The topological polar surface area (TPSA) is 20.2 Å². The Balaban J connectivity index is 2.38. The zero-order chi connectivity index (χ0) is 17.8. The number of allylic oxidation sites excluding steroid dienone is 1. The lowest BCUT2D eigenvalue weighted by Crippen LogP contribution is -2.41. The summed E-state index contributed by atoms with van der Waals surface area (Å²) in [5.74, 6) is 0. The van der Waals surface area contributed by atoms with Crippen molar-refractivity contribution in [2.24, 2.45) is 5.41 Å². The van der Waals surface area contributed by atoms with Crippen LogP contribution in [0.5, 0.6) is 0 Å². The average Bonchev–Trinajstić information content (AvgIpc) is 2.75. The minimum Gasteiger partial charge on any atom is -0.377 e. The van der Waals surface area contributed by atoms with E-state index < -0.39 is 13.7 Å². The molecule has 2 heteroatoms. The number of aliphatic hydroxyl groups is 1. The Morgan fingerprint density at radius 3 is 1.67 bits per heavy atom. The van der Waals surface area contributed by atoms with Crippen molar-refractivity contribution < 1.29 is 5.11 Å². The third kappa shape index (κ3) is 2.68. The molecule has 1 N–H and O–H groups in total. The second kappa shape index (κ2) is 5.43. The first kappa shape index (κ1) is 17.2. The quantitative estimate of drug-likeness (QED) is 0.692. The van der Waals surface area contributed by atoms with Gasteiger partial charge >= 0.3 is 0 Å². The van der Waals surface area contributed by atoms with Crippen LogP contribution in [-0.4, -0.2) is 13.2 Å². The van der Waals surface area contributed by atoms with E-state index in [1.54, 1.807) is 0 Å². The van der Waals surface area contributed by atoms with Crippen LogP contribution in [-0.2, 0) is 5.60 Å². The molecule has 0 spiro atoms. The molecule has 0 unspecified atom stereocenters. The standard InChI is InChI=1S/C22H28OSi/c1-21(2,3)15-20(24(4,5)6)22(23)18-13-9-7-11-16(18)17-12-8-10-14-19(17)22/h7-15,23H,1-6H3/b20-15-. The maximum atomic E-state index is 12.1. The van der Waals surface area contributed by atoms with Crippen LogP contribution in [0, 0.1) is 5.41 Å². The Kier molecular flexibility index (Phi) is 3.89. The van der Waals surface area contributed by atoms with Gasteiger partial charge in [0.15, 0.2) is 0 Å². The van der Waals surface area contributed by atoms with Gasteiger partial charge < -0.3 is 5.11 Å². The van der Waals surface area contributed by atoms with Crippen molar-refractivity contribution in [3.05, 3.63) is 70.9 Å². The highest BCUT2D eigenvalue weighted by Gasteiger charge is 2.48. The lowest BCUT2D eigenvalue weighted by Gasteiger charge is -2.38. The Hall–Kier alpha value is -1.64. The van der Waals surface area contributed by atoms with E-state index >= 15 is 0 Å². The molecule has 126 valence electrons. The second-order valence-electron chi connectivity index (χ2n) is 8.98. The largest absolute Gasteiger partial charge is 0.377 e. The van der Waals surface area contributed by atoms with Gasteiger partial charge in [0.2, 0.25) is 0 Å². The van der Waals surface area contributed by atoms with E-state index in [-0.39, 0.29) is 5.41 Å². The summed E-state index contributed by atoms with van der Waals surface area (Å²) in [7, 11) is -1.76. The molecule has 0 amide bonds. The van der Waals surface area contributed by atoms with Gasteiger partial charge in [0.1, 0.15) is 5.60 Å². The molecule has 2 aromatic carbocycles. The van der Waals surface area contributed by atoms with E-state index in [0.29, 0.717) is 0 Å². The van der Waals surface area contributed by atoms with Crippen LogP contribution in [0.2, 0.25) is 19.6 Å². The van der Waals surface area contributed by atoms with Crippen LogP contribution < -0.4 is 0 Å². The second-order valence-corrected chi connectivity index (χ2v) is 14.0. The van der Waals surface area contributed by atoms with Crippen LogP contribution in [0.3, 0.4) is 0 Å². The fraction of sp³-hybridized carbons (Fsp3) is 0.364. The summed E-state index contributed by atoms with van der Waals surface area (Å²) in [4.78, 5) is 0. The molecule has 0 atom stereocenters. The molecule has 2 aromatic rings. The molecule has 24 heavy (non-hydrogen) atoms. The molecule has 0 heterocycles. The zero-order valence-corrected chi connectivity index (χ0v) is 16.6. The van der Waals surface area contributed by atoms with Gasteiger partial charge in [-0.2, -0.15) is 0 Å². The van der Waals surface area contributed by atoms with Crippen molar-refractivity contribution in [2.45, 2.75) is 46.0 Å². The number of benzene rings is 2. The lowest BCUT2D eigenvalue weighted by molar-refractivity contribution is 0.131. The molecule has 1 nitrogen and oxygen atoms in total. The first-order chi connectivity index (χ1) is 11.0. The van der Waals surface area contributed by atoms with Gasteiger partial charge in [0.25, 0.3) is 0 Å². The van der Waals surface area contributed by atoms with E-state index in [1.807, 2.05) is 12.1 Å². The molecule has 0 radical (unpaired) electrons. The third-order valence-electron chi connectivity index (χ3n) is 4.70. The smallest absolute Gasteiger partial charge is 0.134 e. The van der Waals surface area contributed by atoms with Crippen LogP contribution in [0.25, 0.3) is 11.1 Å². The molecular weight excluding hydrogens is 308 g/mol. The van der Waals surface area contributed by atoms with Crippen molar-refractivity contribution in [2.75, 3.05) is 0 Å². The highest BCUT2D eigenvalue weighted by Crippen LogP contribution is 2.53. The minimum absolute atomic E-state index is 0.0256. The normalized spacial score (nSPS) is 16.7. The van der Waals surface area contributed by atoms with Gasteiger partial charge in [-0.3, -0.25) is 0 Å². The first-order valence-corrected chi connectivity index (χ1v) is 12.2. The first-order valence-electron chi connectivity index (χ1n) is 8.71. The predicted molar refractivity (Wildman–Crippen MR) is 106 cm³/mol. The van der Waals surface area contributed by atoms with E-state index in [0.717, 1.165) is 22.3 Å². The maximum absolute atomic E-state index is 12.1. The van der Waals surface area contributed by atoms with Crippen molar-refractivity contribution in [3.8, 4) is 11.1 Å². The molecule has 1 aliphatic carbocycles. The molecule has 3 rings (SSSR count). The molecule has 0 aliphatic heterocycles. The summed E-state index contributed by atoms with van der Waals surface area (Å²) in [6.45, 7) is 13.6. The number of rotatable bonds is 2. The lowest BCUT2D eigenvalue weighted by atomic mass is 9.86. The Labute approximate surface area is 147 Å². The zero-order valence-electron chi connectivity index (χ0n) is 15.6. The summed E-state index contributed by atoms with van der Waals surface area (Å²) in [5, 5.41) is 13.3. The highest BCUT2D eigenvalue weighted by atomic mass is 28.3. The summed E-state index contributed by atoms with van der Waals surface area (Å²) >= 11 is 0. The summed E-state index contributed by atoms with van der Waals surface area (Å²) in [6, 6.07) is 16.6. The van der Waals surface area contributed by atoms with E-state index in [2.05, 4.69) is 82.9 Å². The fourth-order valence-corrected chi connectivity index (χ4v) is 6.02. The Morgan fingerprint density at radius 1 is 0.875 bits per heavy atom. The van der Waals surface area contributed by atoms with E-state index in [9.17, 15) is 5.11 Å². The maximum Gasteiger partial charge on any atom is 0.134 e. The Morgan fingerprint density at radius 2 is 1.29 bits per heavy atom. The number of hydrogen-bond donors (Lipinski definition) is 1. The molecule has 1 aliphatic rings. The number of hydrogen-bond acceptors (Lipinski definition) is 1. The van der Waals surface area contributed by atoms with Gasteiger partial charge in [-0.25, -0.2) is 0 Å². The fourth-order valence-electron chi connectivity index (χ4n) is 3.80. The van der Waals surface area contributed by atoms with Crippen molar-refractivity contribution in [1.29, 1.82) is 0 Å². The van der Waals surface area contributed by atoms with Gasteiger partial charge in [-0.05, 0) is 32.9 Å². The summed E-state index contributed by atoms with van der Waals surface area (Å²) in [6.07, 6.45) is 2.32. The van der Waals surface area contributed by atoms with Crippen LogP contribution in [0.15, 0.2) is 59.8 Å². The van der Waals surface area contributed by atoms with Crippen LogP contribution in [0.4, 0.5) is 0 Å². The summed E-state index contributed by atoms with van der Waals surface area (Å²) in [5.41, 5.74) is 3.40. The highest BCUT2D eigenvalue weighted by molar-refractivity contribution is 6.83. The third-order valence-corrected chi connectivity index (χ3v) is 6.82. The monoisotopic (exact) mass is 336 g/mol. The van der Waals surface area contributed by atoms with Gasteiger partial charge in [0, 0.05) is 0 Å². The van der Waals surface area contributed by atoms with Gasteiger partial charge in [-0.1, -0.05) is 95.0 Å². The van der Waals surface area contributed by atoms with Gasteiger partial charge in [-0.15, -0.1) is 0 Å². The van der Waals surface area contributed by atoms with Crippen molar-refractivity contribution in [1.82, 2.24) is 0 Å². The molecular formula is C22H28OSi. The minimum atomic E-state index is -1.76. The molecule has 0 saturated carbocycles. The van der Waals surface area contributed by atoms with Crippen molar-refractivity contribution in [3.63, 3.8) is 0 Å². The SMILES string of the molecule is CC(C)(C)/C=C(/C1(O)c2ccccc2-c2ccccc21)[Si](C)(C)C. The molecule has 0 aromatic heterocycles. The Bertz CT molecular complexity index is 758. The van der Waals surface area contributed by atoms with E-state index in [1.165, 1.54) is 5.20 Å². The van der Waals surface area contributed by atoms with Crippen molar-refractivity contribution >= 4 is 8.07 Å². The number of fused-ring (bicyclic) bond motifs is 3. The summed E-state index contributed by atoms with van der Waals surface area (Å²) < 4.78 is 0. The van der Waals surface area contributed by atoms with Gasteiger partial charge in [0.05, 0.1) is 8.07 Å². The average molecular weight is 337 g/mol. The molecule has 0 saturated heterocycles. The van der Waals surface area contributed by atoms with E-state index in [4.69, 9.17) is 0 Å².